The van der Waals surface area contributed by atoms with Gasteiger partial charge in [0.2, 0.25) is 0 Å². The van der Waals surface area contributed by atoms with E-state index in [0.717, 1.165) is 22.8 Å². The third-order valence-electron chi connectivity index (χ3n) is 3.30. The van der Waals surface area contributed by atoms with E-state index in [9.17, 15) is 0 Å². The van der Waals surface area contributed by atoms with E-state index < -0.39 is 0 Å². The lowest BCUT2D eigenvalue weighted by atomic mass is 10.3. The van der Waals surface area contributed by atoms with E-state index in [1.54, 1.807) is 19.5 Å². The Morgan fingerprint density at radius 1 is 1.04 bits per heavy atom. The summed E-state index contributed by atoms with van der Waals surface area (Å²) in [5.74, 6) is 2.19. The van der Waals surface area contributed by atoms with Crippen molar-refractivity contribution < 1.29 is 9.47 Å². The number of nitrogens with one attached hydrogen (secondary N) is 1. The van der Waals surface area contributed by atoms with Crippen molar-refractivity contribution in [1.29, 1.82) is 0 Å². The predicted molar refractivity (Wildman–Crippen MR) is 88.9 cm³/mol. The lowest BCUT2D eigenvalue weighted by Gasteiger charge is -2.17. The summed E-state index contributed by atoms with van der Waals surface area (Å²) in [6.45, 7) is 2.59. The first-order valence-corrected chi connectivity index (χ1v) is 7.37. The Labute approximate surface area is 134 Å². The number of para-hydroxylation sites is 2. The molecule has 6 nitrogen and oxygen atoms in total. The molecule has 0 spiro atoms. The van der Waals surface area contributed by atoms with Gasteiger partial charge in [-0.3, -0.25) is 4.98 Å². The van der Waals surface area contributed by atoms with Gasteiger partial charge < -0.3 is 14.8 Å². The first-order valence-electron chi connectivity index (χ1n) is 7.37. The number of pyridine rings is 1. The van der Waals surface area contributed by atoms with E-state index in [1.165, 1.54) is 0 Å². The number of ether oxygens (including phenoxy) is 2. The molecule has 118 valence electrons. The molecule has 1 unspecified atom stereocenters. The van der Waals surface area contributed by atoms with Crippen LogP contribution in [0.2, 0.25) is 0 Å². The smallest absolute Gasteiger partial charge is 0.180 e. The molecule has 0 fully saturated rings. The highest BCUT2D eigenvalue weighted by Crippen LogP contribution is 2.26. The van der Waals surface area contributed by atoms with Gasteiger partial charge in [-0.05, 0) is 31.2 Å². The second-order valence-corrected chi connectivity index (χ2v) is 5.06. The molecular formula is C17H18N4O2. The summed E-state index contributed by atoms with van der Waals surface area (Å²) in [7, 11) is 1.63. The van der Waals surface area contributed by atoms with Crippen LogP contribution in [0.25, 0.3) is 11.2 Å². The zero-order chi connectivity index (χ0) is 16.1. The molecule has 0 aliphatic carbocycles. The largest absolute Gasteiger partial charge is 0.493 e. The monoisotopic (exact) mass is 310 g/mol. The first kappa shape index (κ1) is 15.0. The van der Waals surface area contributed by atoms with Crippen molar-refractivity contribution >= 4 is 17.0 Å². The molecular weight excluding hydrogens is 292 g/mol. The fourth-order valence-corrected chi connectivity index (χ4v) is 2.18. The number of benzene rings is 1. The van der Waals surface area contributed by atoms with Crippen LogP contribution in [0.1, 0.15) is 6.92 Å². The van der Waals surface area contributed by atoms with Crippen molar-refractivity contribution in [3.63, 3.8) is 0 Å². The van der Waals surface area contributed by atoms with Crippen LogP contribution in [-0.4, -0.2) is 34.7 Å². The number of rotatable bonds is 6. The molecule has 0 aliphatic heterocycles. The number of fused-ring (bicyclic) bond motifs is 1. The van der Waals surface area contributed by atoms with Crippen LogP contribution in [-0.2, 0) is 0 Å². The number of methoxy groups -OCH3 is 1. The van der Waals surface area contributed by atoms with Crippen LogP contribution in [0, 0.1) is 0 Å². The topological polar surface area (TPSA) is 69.2 Å². The number of hydrogen-bond acceptors (Lipinski definition) is 6. The third-order valence-corrected chi connectivity index (χ3v) is 3.30. The number of hydrogen-bond donors (Lipinski definition) is 1. The molecule has 3 rings (SSSR count). The Kier molecular flexibility index (Phi) is 4.52. The third kappa shape index (κ3) is 3.66. The minimum Gasteiger partial charge on any atom is -0.493 e. The lowest BCUT2D eigenvalue weighted by Crippen LogP contribution is -2.23. The van der Waals surface area contributed by atoms with Gasteiger partial charge in [0, 0.05) is 12.4 Å². The van der Waals surface area contributed by atoms with Crippen molar-refractivity contribution in [2.45, 2.75) is 13.0 Å². The van der Waals surface area contributed by atoms with Gasteiger partial charge in [0.15, 0.2) is 17.1 Å². The van der Waals surface area contributed by atoms with Crippen molar-refractivity contribution in [1.82, 2.24) is 15.0 Å². The van der Waals surface area contributed by atoms with Crippen LogP contribution in [0.15, 0.2) is 48.8 Å². The predicted octanol–water partition coefficient (Wildman–Crippen LogP) is 2.91. The van der Waals surface area contributed by atoms with Crippen LogP contribution in [0.5, 0.6) is 11.5 Å². The van der Waals surface area contributed by atoms with Crippen molar-refractivity contribution in [2.75, 3.05) is 19.0 Å². The second-order valence-electron chi connectivity index (χ2n) is 5.06. The summed E-state index contributed by atoms with van der Waals surface area (Å²) in [6, 6.07) is 11.4. The molecule has 3 aromatic rings. The maximum absolute atomic E-state index is 5.90. The average Bonchev–Trinajstić information content (AvgIpc) is 2.60. The molecule has 0 saturated heterocycles. The average molecular weight is 310 g/mol. The van der Waals surface area contributed by atoms with E-state index in [-0.39, 0.29) is 6.10 Å². The molecule has 0 saturated carbocycles. The Hall–Kier alpha value is -2.89. The van der Waals surface area contributed by atoms with E-state index >= 15 is 0 Å². The first-order chi connectivity index (χ1) is 11.3. The Morgan fingerprint density at radius 3 is 2.65 bits per heavy atom. The van der Waals surface area contributed by atoms with Gasteiger partial charge in [-0.25, -0.2) is 9.97 Å². The Morgan fingerprint density at radius 2 is 1.83 bits per heavy atom. The van der Waals surface area contributed by atoms with Crippen LogP contribution < -0.4 is 14.8 Å². The van der Waals surface area contributed by atoms with Gasteiger partial charge in [0.05, 0.1) is 13.7 Å². The van der Waals surface area contributed by atoms with Crippen LogP contribution in [0.4, 0.5) is 5.82 Å². The number of anilines is 1. The van der Waals surface area contributed by atoms with Crippen molar-refractivity contribution in [2.24, 2.45) is 0 Å². The summed E-state index contributed by atoms with van der Waals surface area (Å²) in [4.78, 5) is 12.8. The minimum atomic E-state index is -0.0503. The van der Waals surface area contributed by atoms with Crippen LogP contribution >= 0.6 is 0 Å². The zero-order valence-corrected chi connectivity index (χ0v) is 13.1. The second kappa shape index (κ2) is 6.91. The molecule has 0 aliphatic rings. The molecule has 1 atom stereocenters. The van der Waals surface area contributed by atoms with Gasteiger partial charge in [-0.2, -0.15) is 0 Å². The maximum Gasteiger partial charge on any atom is 0.180 e. The maximum atomic E-state index is 5.90. The van der Waals surface area contributed by atoms with Gasteiger partial charge >= 0.3 is 0 Å². The number of nitrogens with zero attached hydrogens (tertiary/aromatic N) is 3. The van der Waals surface area contributed by atoms with Gasteiger partial charge in [-0.1, -0.05) is 12.1 Å². The SMILES string of the molecule is COc1ccccc1OC(C)CNc1ccc2nccnc2n1. The zero-order valence-electron chi connectivity index (χ0n) is 13.1. The summed E-state index contributed by atoms with van der Waals surface area (Å²) in [5, 5.41) is 3.25. The molecule has 1 N–H and O–H groups in total. The minimum absolute atomic E-state index is 0.0503. The molecule has 23 heavy (non-hydrogen) atoms. The van der Waals surface area contributed by atoms with E-state index in [4.69, 9.17) is 9.47 Å². The van der Waals surface area contributed by atoms with Crippen molar-refractivity contribution in [3.05, 3.63) is 48.8 Å². The Balaban J connectivity index is 1.62. The van der Waals surface area contributed by atoms with Gasteiger partial charge in [0.1, 0.15) is 17.4 Å². The van der Waals surface area contributed by atoms with E-state index in [0.29, 0.717) is 12.2 Å². The highest BCUT2D eigenvalue weighted by molar-refractivity contribution is 5.71. The summed E-state index contributed by atoms with van der Waals surface area (Å²) < 4.78 is 11.2. The molecule has 0 bridgehead atoms. The summed E-state index contributed by atoms with van der Waals surface area (Å²) in [6.07, 6.45) is 3.23. The lowest BCUT2D eigenvalue weighted by molar-refractivity contribution is 0.223. The molecule has 6 heteroatoms. The van der Waals surface area contributed by atoms with E-state index in [1.807, 2.05) is 43.3 Å². The Bertz CT molecular complexity index is 794. The summed E-state index contributed by atoms with van der Waals surface area (Å²) in [5.41, 5.74) is 1.40. The molecule has 0 radical (unpaired) electrons. The van der Waals surface area contributed by atoms with Crippen LogP contribution in [0.3, 0.4) is 0 Å². The normalized spacial score (nSPS) is 11.9. The quantitative estimate of drug-likeness (QED) is 0.755. The molecule has 2 aromatic heterocycles. The molecule has 0 amide bonds. The standard InChI is InChI=1S/C17H18N4O2/c1-12(23-15-6-4-3-5-14(15)22-2)11-20-16-8-7-13-17(21-16)19-10-9-18-13/h3-10,12H,11H2,1-2H3,(H,19,20,21). The summed E-state index contributed by atoms with van der Waals surface area (Å²) >= 11 is 0. The highest BCUT2D eigenvalue weighted by Gasteiger charge is 2.09. The number of aromatic nitrogens is 3. The van der Waals surface area contributed by atoms with Gasteiger partial charge in [-0.15, -0.1) is 0 Å². The molecule has 1 aromatic carbocycles. The van der Waals surface area contributed by atoms with Crippen molar-refractivity contribution in [3.8, 4) is 11.5 Å². The highest BCUT2D eigenvalue weighted by atomic mass is 16.5. The van der Waals surface area contributed by atoms with E-state index in [2.05, 4.69) is 20.3 Å². The fourth-order valence-electron chi connectivity index (χ4n) is 2.18. The molecule has 2 heterocycles. The fraction of sp³-hybridized carbons (Fsp3) is 0.235. The van der Waals surface area contributed by atoms with Gasteiger partial charge in [0.25, 0.3) is 0 Å².